The highest BCUT2D eigenvalue weighted by Gasteiger charge is 2.43. The minimum absolute atomic E-state index is 0.113. The van der Waals surface area contributed by atoms with Crippen LogP contribution in [0.1, 0.15) is 98.3 Å². The molecule has 18 nitrogen and oxygen atoms in total. The highest BCUT2D eigenvalue weighted by molar-refractivity contribution is 5.97. The van der Waals surface area contributed by atoms with Crippen LogP contribution in [0.15, 0.2) is 12.2 Å². The third-order valence-electron chi connectivity index (χ3n) is 10.0. The monoisotopic (exact) mass is 777 g/mol. The largest absolute Gasteiger partial charge is 0.478 e. The van der Waals surface area contributed by atoms with Crippen LogP contribution in [0, 0.1) is 11.8 Å². The molecule has 0 spiro atoms. The van der Waals surface area contributed by atoms with Crippen molar-refractivity contribution in [2.45, 2.75) is 135 Å². The smallest absolute Gasteiger partial charge is 0.328 e. The van der Waals surface area contributed by atoms with E-state index in [9.17, 15) is 38.4 Å². The minimum atomic E-state index is -1.29. The number of nitrogens with zero attached hydrogens (tertiary/aromatic N) is 2. The summed E-state index contributed by atoms with van der Waals surface area (Å²) >= 11 is 0. The Morgan fingerprint density at radius 2 is 1.51 bits per heavy atom. The Labute approximate surface area is 323 Å². The van der Waals surface area contributed by atoms with Gasteiger partial charge in [0.05, 0.1) is 12.6 Å². The van der Waals surface area contributed by atoms with E-state index in [0.29, 0.717) is 64.5 Å². The van der Waals surface area contributed by atoms with Crippen molar-refractivity contribution in [3.8, 4) is 0 Å². The number of carbonyl (C=O) groups is 8. The molecule has 2 heterocycles. The maximum absolute atomic E-state index is 13.9. The van der Waals surface area contributed by atoms with Gasteiger partial charge in [-0.2, -0.15) is 0 Å². The molecular weight excluding hydrogens is 714 g/mol. The van der Waals surface area contributed by atoms with Crippen LogP contribution in [0.3, 0.4) is 0 Å². The van der Waals surface area contributed by atoms with Crippen LogP contribution in [0.2, 0.25) is 0 Å². The molecule has 2 saturated heterocycles. The molecule has 0 radical (unpaired) electrons. The van der Waals surface area contributed by atoms with Crippen molar-refractivity contribution < 1.29 is 43.5 Å². The van der Waals surface area contributed by atoms with Gasteiger partial charge in [0.15, 0.2) is 0 Å². The third-order valence-corrected chi connectivity index (χ3v) is 10.0. The highest BCUT2D eigenvalue weighted by atomic mass is 16.4. The van der Waals surface area contributed by atoms with E-state index in [0.717, 1.165) is 12.5 Å². The predicted octanol–water partition coefficient (Wildman–Crippen LogP) is -1.01. The lowest BCUT2D eigenvalue weighted by atomic mass is 9.96. The maximum Gasteiger partial charge on any atom is 0.328 e. The number of primary amides is 1. The number of carboxylic acid groups (broad SMARTS) is 1. The summed E-state index contributed by atoms with van der Waals surface area (Å²) in [7, 11) is 0. The zero-order valence-corrected chi connectivity index (χ0v) is 32.7. The van der Waals surface area contributed by atoms with Crippen LogP contribution >= 0.6 is 0 Å². The summed E-state index contributed by atoms with van der Waals surface area (Å²) in [5, 5.41) is 19.9. The number of nitrogens with one attached hydrogen (secondary N) is 4. The molecule has 310 valence electrons. The van der Waals surface area contributed by atoms with Crippen LogP contribution in [0.25, 0.3) is 0 Å². The first-order valence-electron chi connectivity index (χ1n) is 19.4. The molecule has 7 atom stereocenters. The number of hydrogen-bond acceptors (Lipinski definition) is 10. The summed E-state index contributed by atoms with van der Waals surface area (Å²) in [6.45, 7) is 8.13. The van der Waals surface area contributed by atoms with Crippen molar-refractivity contribution in [2.75, 3.05) is 26.2 Å². The zero-order chi connectivity index (χ0) is 41.2. The lowest BCUT2D eigenvalue weighted by molar-refractivity contribution is -0.147. The molecule has 2 rings (SSSR count). The van der Waals surface area contributed by atoms with Crippen LogP contribution in [-0.2, 0) is 38.4 Å². The second-order valence-electron chi connectivity index (χ2n) is 14.9. The van der Waals surface area contributed by atoms with Gasteiger partial charge in [-0.1, -0.05) is 46.6 Å². The first-order chi connectivity index (χ1) is 26.0. The van der Waals surface area contributed by atoms with Crippen LogP contribution in [-0.4, -0.2) is 125 Å². The Bertz CT molecular complexity index is 1390. The fraction of sp³-hybridized carbons (Fsp3) is 0.730. The van der Waals surface area contributed by atoms with Crippen LogP contribution in [0.4, 0.5) is 0 Å². The van der Waals surface area contributed by atoms with E-state index in [1.165, 1.54) is 15.9 Å². The van der Waals surface area contributed by atoms with Gasteiger partial charge in [0.2, 0.25) is 41.4 Å². The van der Waals surface area contributed by atoms with E-state index in [1.54, 1.807) is 6.92 Å². The van der Waals surface area contributed by atoms with E-state index < -0.39 is 83.6 Å². The molecule has 0 bridgehead atoms. The molecule has 55 heavy (non-hydrogen) atoms. The van der Waals surface area contributed by atoms with Crippen molar-refractivity contribution in [1.29, 1.82) is 0 Å². The van der Waals surface area contributed by atoms with Gasteiger partial charge in [-0.05, 0) is 69.7 Å². The summed E-state index contributed by atoms with van der Waals surface area (Å²) in [5.74, 6) is -5.40. The molecule has 0 aliphatic carbocycles. The number of carboxylic acids is 1. The molecule has 2 aliphatic heterocycles. The number of amides is 7. The number of unbranched alkanes of at least 4 members (excludes halogenated alkanes) is 1. The summed E-state index contributed by atoms with van der Waals surface area (Å²) in [6, 6.07) is -5.57. The molecule has 7 amide bonds. The van der Waals surface area contributed by atoms with Gasteiger partial charge in [-0.3, -0.25) is 33.6 Å². The van der Waals surface area contributed by atoms with Gasteiger partial charge in [0, 0.05) is 31.6 Å². The molecule has 0 aromatic rings. The first-order valence-corrected chi connectivity index (χ1v) is 19.4. The standard InChI is InChI=1S/C37H63N9O9/c1-5-23(4)32(36(54)42-24(20-22(2)3)13-16-31(49)50)44-34(52)26(14-15-29(40)47)43-35(53)27-11-8-19-46(27)37(55)28-12-9-18-45(28)30(48)21-41-33(51)25(39)10-6-7-17-38/h13,16,22-28,32H,5-12,14-15,17-21,38-39H2,1-4H3,(H2,40,47)(H,41,51)(H,42,54)(H,43,53)(H,44,52)(H,49,50)/b16-13+/t23-,24?,25-,26-,27-,28-,32-/m0/s1. The van der Waals surface area contributed by atoms with Crippen LogP contribution < -0.4 is 38.5 Å². The average molecular weight is 778 g/mol. The fourth-order valence-electron chi connectivity index (χ4n) is 6.80. The number of rotatable bonds is 23. The lowest BCUT2D eigenvalue weighted by Gasteiger charge is -2.32. The minimum Gasteiger partial charge on any atom is -0.478 e. The van der Waals surface area contributed by atoms with Gasteiger partial charge in [-0.25, -0.2) is 4.79 Å². The van der Waals surface area contributed by atoms with Gasteiger partial charge < -0.3 is 53.4 Å². The van der Waals surface area contributed by atoms with Gasteiger partial charge in [-0.15, -0.1) is 0 Å². The SMILES string of the molecule is CC[C@H](C)[C@H](NC(=O)[C@H](CCC(N)=O)NC(=O)[C@@H]1CCCN1C(=O)[C@@H]1CCCN1C(=O)CNC(=O)[C@@H](N)CCCCN)C(=O)NC(/C=C/C(=O)O)CC(C)C. The van der Waals surface area contributed by atoms with Gasteiger partial charge >= 0.3 is 5.97 Å². The van der Waals surface area contributed by atoms with Crippen molar-refractivity contribution in [1.82, 2.24) is 31.1 Å². The van der Waals surface area contributed by atoms with Crippen molar-refractivity contribution in [3.63, 3.8) is 0 Å². The lowest BCUT2D eigenvalue weighted by Crippen LogP contribution is -2.59. The van der Waals surface area contributed by atoms with E-state index in [4.69, 9.17) is 22.3 Å². The molecular formula is C37H63N9O9. The summed E-state index contributed by atoms with van der Waals surface area (Å²) in [4.78, 5) is 106. The second kappa shape index (κ2) is 23.4. The summed E-state index contributed by atoms with van der Waals surface area (Å²) in [6.07, 6.45) is 6.35. The van der Waals surface area contributed by atoms with Gasteiger partial charge in [0.25, 0.3) is 0 Å². The Balaban J connectivity index is 2.17. The normalized spacial score (nSPS) is 19.7. The second-order valence-corrected chi connectivity index (χ2v) is 14.9. The molecule has 1 unspecified atom stereocenters. The predicted molar refractivity (Wildman–Crippen MR) is 203 cm³/mol. The third kappa shape index (κ3) is 15.2. The number of hydrogen-bond donors (Lipinski definition) is 8. The van der Waals surface area contributed by atoms with Crippen molar-refractivity contribution in [3.05, 3.63) is 12.2 Å². The Morgan fingerprint density at radius 1 is 0.855 bits per heavy atom. The molecule has 11 N–H and O–H groups in total. The highest BCUT2D eigenvalue weighted by Crippen LogP contribution is 2.25. The Hall–Kier alpha value is -4.58. The number of carbonyl (C=O) groups excluding carboxylic acids is 7. The van der Waals surface area contributed by atoms with Crippen molar-refractivity contribution >= 4 is 47.3 Å². The molecule has 18 heteroatoms. The zero-order valence-electron chi connectivity index (χ0n) is 32.7. The van der Waals surface area contributed by atoms with E-state index >= 15 is 0 Å². The number of likely N-dealkylation sites (tertiary alicyclic amines) is 2. The Morgan fingerprint density at radius 3 is 2.11 bits per heavy atom. The quantitative estimate of drug-likeness (QED) is 0.0460. The molecule has 0 saturated carbocycles. The van der Waals surface area contributed by atoms with Gasteiger partial charge in [0.1, 0.15) is 24.2 Å². The maximum atomic E-state index is 13.9. The number of aliphatic carboxylic acids is 1. The van der Waals surface area contributed by atoms with E-state index in [1.807, 2.05) is 20.8 Å². The number of nitrogens with two attached hydrogens (primary N) is 3. The van der Waals surface area contributed by atoms with E-state index in [2.05, 4.69) is 21.3 Å². The fourth-order valence-corrected chi connectivity index (χ4v) is 6.80. The van der Waals surface area contributed by atoms with Crippen molar-refractivity contribution in [2.24, 2.45) is 29.0 Å². The molecule has 0 aromatic carbocycles. The average Bonchev–Trinajstić information content (AvgIpc) is 3.83. The van der Waals surface area contributed by atoms with E-state index in [-0.39, 0.29) is 37.8 Å². The molecule has 0 aromatic heterocycles. The summed E-state index contributed by atoms with van der Waals surface area (Å²) < 4.78 is 0. The van der Waals surface area contributed by atoms with Crippen LogP contribution in [0.5, 0.6) is 0 Å². The molecule has 2 aliphatic rings. The Kier molecular flexibility index (Phi) is 19.8. The first kappa shape index (κ1) is 46.6. The topological polar surface area (TPSA) is 289 Å². The summed E-state index contributed by atoms with van der Waals surface area (Å²) in [5.41, 5.74) is 16.8. The molecule has 2 fully saturated rings.